The maximum absolute atomic E-state index is 12.9. The number of primary amides is 1. The summed E-state index contributed by atoms with van der Waals surface area (Å²) < 4.78 is 44.0. The van der Waals surface area contributed by atoms with Gasteiger partial charge in [-0.2, -0.15) is 17.5 Å². The first-order chi connectivity index (χ1) is 11.6. The van der Waals surface area contributed by atoms with E-state index in [9.17, 15) is 27.6 Å². The Labute approximate surface area is 140 Å². The predicted molar refractivity (Wildman–Crippen MR) is 84.0 cm³/mol. The summed E-state index contributed by atoms with van der Waals surface area (Å²) in [5.74, 6) is -0.795. The fourth-order valence-corrected chi connectivity index (χ4v) is 3.14. The van der Waals surface area contributed by atoms with E-state index < -0.39 is 29.0 Å². The molecule has 0 fully saturated rings. The highest BCUT2D eigenvalue weighted by Gasteiger charge is 2.35. The van der Waals surface area contributed by atoms with Gasteiger partial charge < -0.3 is 5.73 Å². The number of hydrogen-bond acceptors (Lipinski definition) is 5. The van der Waals surface area contributed by atoms with Crippen LogP contribution in [0.3, 0.4) is 0 Å². The molecule has 0 radical (unpaired) electrons. The minimum Gasteiger partial charge on any atom is -0.364 e. The van der Waals surface area contributed by atoms with E-state index in [-0.39, 0.29) is 11.4 Å². The molecule has 0 bridgehead atoms. The maximum atomic E-state index is 12.9. The normalized spacial score (nSPS) is 11.8. The Balaban J connectivity index is 2.31. The zero-order valence-electron chi connectivity index (χ0n) is 12.5. The van der Waals surface area contributed by atoms with Gasteiger partial charge in [0.25, 0.3) is 11.5 Å². The Morgan fingerprint density at radius 2 is 1.92 bits per heavy atom. The van der Waals surface area contributed by atoms with Crippen molar-refractivity contribution in [3.8, 4) is 5.69 Å². The first kappa shape index (κ1) is 16.9. The predicted octanol–water partition coefficient (Wildman–Crippen LogP) is 1.26. The molecule has 1 aromatic carbocycles. The molecule has 130 valence electrons. The SMILES string of the molecule is Cn1c(C(F)(F)F)cc(=O)n(-c2ccc3snc(C(N)=O)c3c2)c1=O. The Bertz CT molecular complexity index is 1130. The molecule has 11 heteroatoms. The molecule has 1 amide bonds. The van der Waals surface area contributed by atoms with Crippen LogP contribution in [0.25, 0.3) is 15.8 Å². The Hall–Kier alpha value is -2.95. The molecule has 0 aliphatic heterocycles. The van der Waals surface area contributed by atoms with Gasteiger partial charge in [0.2, 0.25) is 0 Å². The molecular weight excluding hydrogens is 361 g/mol. The highest BCUT2D eigenvalue weighted by atomic mass is 32.1. The van der Waals surface area contributed by atoms with Crippen molar-refractivity contribution >= 4 is 27.5 Å². The van der Waals surface area contributed by atoms with Crippen LogP contribution in [0.15, 0.2) is 33.9 Å². The number of aromatic nitrogens is 3. The average molecular weight is 370 g/mol. The standard InChI is InChI=1S/C14H9F3N4O3S/c1-20-9(14(15,16)17)5-10(22)21(13(20)24)6-2-3-8-7(4-6)11(12(18)23)19-25-8/h2-5H,1H3,(H2,18,23). The summed E-state index contributed by atoms with van der Waals surface area (Å²) in [4.78, 5) is 35.7. The van der Waals surface area contributed by atoms with Crippen molar-refractivity contribution in [2.24, 2.45) is 12.8 Å². The molecule has 0 aliphatic rings. The van der Waals surface area contributed by atoms with Crippen LogP contribution in [0.1, 0.15) is 16.2 Å². The fourth-order valence-electron chi connectivity index (χ4n) is 2.38. The lowest BCUT2D eigenvalue weighted by Gasteiger charge is -2.13. The first-order valence-electron chi connectivity index (χ1n) is 6.71. The van der Waals surface area contributed by atoms with E-state index in [1.165, 1.54) is 18.2 Å². The van der Waals surface area contributed by atoms with Crippen LogP contribution in [-0.4, -0.2) is 19.4 Å². The number of halogens is 3. The van der Waals surface area contributed by atoms with Crippen molar-refractivity contribution in [1.82, 2.24) is 13.5 Å². The third-order valence-corrected chi connectivity index (χ3v) is 4.38. The van der Waals surface area contributed by atoms with Crippen LogP contribution >= 0.6 is 11.5 Å². The zero-order chi connectivity index (χ0) is 18.5. The lowest BCUT2D eigenvalue weighted by atomic mass is 10.2. The lowest BCUT2D eigenvalue weighted by Crippen LogP contribution is -2.40. The van der Waals surface area contributed by atoms with E-state index >= 15 is 0 Å². The summed E-state index contributed by atoms with van der Waals surface area (Å²) in [6.07, 6.45) is -4.84. The molecular formula is C14H9F3N4O3S. The summed E-state index contributed by atoms with van der Waals surface area (Å²) >= 11 is 0.993. The number of hydrogen-bond donors (Lipinski definition) is 1. The molecule has 7 nitrogen and oxygen atoms in total. The number of rotatable bonds is 2. The number of nitrogens with two attached hydrogens (primary N) is 1. The third kappa shape index (κ3) is 2.71. The van der Waals surface area contributed by atoms with Gasteiger partial charge in [0.15, 0.2) is 0 Å². The van der Waals surface area contributed by atoms with Crippen LogP contribution in [-0.2, 0) is 13.2 Å². The molecule has 3 aromatic rings. The molecule has 0 saturated carbocycles. The van der Waals surface area contributed by atoms with Crippen molar-refractivity contribution in [2.45, 2.75) is 6.18 Å². The topological polar surface area (TPSA) is 100.0 Å². The molecule has 0 unspecified atom stereocenters. The smallest absolute Gasteiger partial charge is 0.364 e. The van der Waals surface area contributed by atoms with E-state index in [0.717, 1.165) is 18.6 Å². The Morgan fingerprint density at radius 3 is 2.52 bits per heavy atom. The number of amides is 1. The van der Waals surface area contributed by atoms with Crippen LogP contribution in [0.4, 0.5) is 13.2 Å². The molecule has 0 aliphatic carbocycles. The van der Waals surface area contributed by atoms with Gasteiger partial charge in [-0.25, -0.2) is 9.36 Å². The second-order valence-corrected chi connectivity index (χ2v) is 5.92. The van der Waals surface area contributed by atoms with Crippen LogP contribution < -0.4 is 17.0 Å². The van der Waals surface area contributed by atoms with Gasteiger partial charge in [-0.3, -0.25) is 14.2 Å². The first-order valence-corrected chi connectivity index (χ1v) is 7.48. The quantitative estimate of drug-likeness (QED) is 0.734. The fraction of sp³-hybridized carbons (Fsp3) is 0.143. The molecule has 3 rings (SSSR count). The van der Waals surface area contributed by atoms with Gasteiger partial charge in [-0.05, 0) is 29.7 Å². The van der Waals surface area contributed by atoms with E-state index in [1.54, 1.807) is 0 Å². The molecule has 0 atom stereocenters. The molecule has 0 spiro atoms. The Kier molecular flexibility index (Phi) is 3.75. The summed E-state index contributed by atoms with van der Waals surface area (Å²) in [7, 11) is 0.917. The van der Waals surface area contributed by atoms with Crippen molar-refractivity contribution in [1.29, 1.82) is 0 Å². The second-order valence-electron chi connectivity index (χ2n) is 5.12. The van der Waals surface area contributed by atoms with E-state index in [1.807, 2.05) is 0 Å². The largest absolute Gasteiger partial charge is 0.431 e. The average Bonchev–Trinajstić information content (AvgIpc) is 2.93. The number of alkyl halides is 3. The zero-order valence-corrected chi connectivity index (χ0v) is 13.3. The van der Waals surface area contributed by atoms with E-state index in [2.05, 4.69) is 4.37 Å². The van der Waals surface area contributed by atoms with Gasteiger partial charge in [-0.15, -0.1) is 0 Å². The highest BCUT2D eigenvalue weighted by Crippen LogP contribution is 2.27. The molecule has 2 aromatic heterocycles. The van der Waals surface area contributed by atoms with Crippen molar-refractivity contribution < 1.29 is 18.0 Å². The van der Waals surface area contributed by atoms with Gasteiger partial charge >= 0.3 is 11.9 Å². The maximum Gasteiger partial charge on any atom is 0.431 e. The minimum absolute atomic E-state index is 0.00882. The number of carbonyl (C=O) groups is 1. The highest BCUT2D eigenvalue weighted by molar-refractivity contribution is 7.13. The van der Waals surface area contributed by atoms with Crippen molar-refractivity contribution in [2.75, 3.05) is 0 Å². The van der Waals surface area contributed by atoms with Gasteiger partial charge in [0.1, 0.15) is 11.4 Å². The number of carbonyl (C=O) groups excluding carboxylic acids is 1. The second kappa shape index (κ2) is 5.55. The van der Waals surface area contributed by atoms with Gasteiger partial charge in [0.05, 0.1) is 10.4 Å². The van der Waals surface area contributed by atoms with Crippen LogP contribution in [0.5, 0.6) is 0 Å². The monoisotopic (exact) mass is 370 g/mol. The molecule has 25 heavy (non-hydrogen) atoms. The molecule has 0 saturated heterocycles. The number of benzene rings is 1. The minimum atomic E-state index is -4.84. The molecule has 2 heterocycles. The van der Waals surface area contributed by atoms with E-state index in [4.69, 9.17) is 5.73 Å². The van der Waals surface area contributed by atoms with Gasteiger partial charge in [0, 0.05) is 18.5 Å². The van der Waals surface area contributed by atoms with Crippen LogP contribution in [0.2, 0.25) is 0 Å². The third-order valence-electron chi connectivity index (χ3n) is 3.56. The Morgan fingerprint density at radius 1 is 1.24 bits per heavy atom. The van der Waals surface area contributed by atoms with E-state index in [0.29, 0.717) is 25.3 Å². The lowest BCUT2D eigenvalue weighted by molar-refractivity contribution is -0.144. The van der Waals surface area contributed by atoms with Crippen molar-refractivity contribution in [3.63, 3.8) is 0 Å². The van der Waals surface area contributed by atoms with Crippen molar-refractivity contribution in [3.05, 3.63) is 56.5 Å². The summed E-state index contributed by atoms with van der Waals surface area (Å²) in [5.41, 5.74) is 1.52. The summed E-state index contributed by atoms with van der Waals surface area (Å²) in [6.45, 7) is 0. The van der Waals surface area contributed by atoms with Gasteiger partial charge in [-0.1, -0.05) is 0 Å². The number of fused-ring (bicyclic) bond motifs is 1. The molecule has 2 N–H and O–H groups in total. The summed E-state index contributed by atoms with van der Waals surface area (Å²) in [5, 5.41) is 0.309. The number of nitrogens with zero attached hydrogens (tertiary/aromatic N) is 3. The summed E-state index contributed by atoms with van der Waals surface area (Å²) in [6, 6.07) is 4.53. The van der Waals surface area contributed by atoms with Crippen LogP contribution in [0, 0.1) is 0 Å².